The molecule has 0 saturated carbocycles. The summed E-state index contributed by atoms with van der Waals surface area (Å²) in [6, 6.07) is 14.9. The van der Waals surface area contributed by atoms with E-state index in [0.717, 1.165) is 11.1 Å². The Hall–Kier alpha value is -3.07. The van der Waals surface area contributed by atoms with Crippen molar-refractivity contribution < 1.29 is 23.9 Å². The Kier molecular flexibility index (Phi) is 11.6. The fourth-order valence-corrected chi connectivity index (χ4v) is 3.13. The second-order valence-corrected chi connectivity index (χ2v) is 9.11. The molecule has 0 atom stereocenters. The van der Waals surface area contributed by atoms with Crippen LogP contribution in [0.3, 0.4) is 0 Å². The number of nitrogens with one attached hydrogen (secondary N) is 3. The molecule has 0 aromatic heterocycles. The molecule has 8 heteroatoms. The third-order valence-corrected chi connectivity index (χ3v) is 4.97. The molecule has 0 heterocycles. The van der Waals surface area contributed by atoms with Crippen LogP contribution in [0.4, 0.5) is 5.69 Å². The molecule has 2 aromatic rings. The van der Waals surface area contributed by atoms with Crippen LogP contribution in [0.5, 0.6) is 0 Å². The topological polar surface area (TPSA) is 106 Å². The number of benzene rings is 2. The van der Waals surface area contributed by atoms with Crippen LogP contribution in [0.1, 0.15) is 44.5 Å². The van der Waals surface area contributed by atoms with Gasteiger partial charge in [0.05, 0.1) is 13.2 Å². The Bertz CT molecular complexity index is 950. The highest BCUT2D eigenvalue weighted by atomic mass is 16.5. The molecule has 0 fully saturated rings. The number of hydrogen-bond donors (Lipinski definition) is 3. The van der Waals surface area contributed by atoms with Crippen molar-refractivity contribution in [1.29, 1.82) is 0 Å². The van der Waals surface area contributed by atoms with E-state index in [2.05, 4.69) is 36.7 Å². The summed E-state index contributed by atoms with van der Waals surface area (Å²) in [5, 5.41) is 8.83. The highest BCUT2D eigenvalue weighted by Crippen LogP contribution is 2.22. The maximum atomic E-state index is 12.1. The van der Waals surface area contributed by atoms with Gasteiger partial charge >= 0.3 is 0 Å². The van der Waals surface area contributed by atoms with E-state index >= 15 is 0 Å². The molecule has 3 N–H and O–H groups in total. The molecule has 2 rings (SSSR count). The molecule has 0 aliphatic heterocycles. The highest BCUT2D eigenvalue weighted by Gasteiger charge is 2.08. The molecule has 2 amide bonds. The van der Waals surface area contributed by atoms with Gasteiger partial charge in [0, 0.05) is 36.3 Å². The standard InChI is InChI=1S/C27H37N3O5/c1-5-24(31)22-8-6-20(7-9-22)21-10-12-23(13-11-21)30-26(33)19-35-17-16-34-18-25(32)28-14-15-29-27(2,3)4/h6-13,29H,5,14-19H2,1-4H3,(H,28,32)(H,30,33). The van der Waals surface area contributed by atoms with Crippen molar-refractivity contribution in [1.82, 2.24) is 10.6 Å². The molecule has 35 heavy (non-hydrogen) atoms. The fourth-order valence-electron chi connectivity index (χ4n) is 3.13. The number of ether oxygens (including phenoxy) is 2. The van der Waals surface area contributed by atoms with Crippen molar-refractivity contribution in [2.75, 3.05) is 44.8 Å². The Morgan fingerprint density at radius 3 is 1.86 bits per heavy atom. The molecule has 8 nitrogen and oxygen atoms in total. The molecule has 0 saturated heterocycles. The van der Waals surface area contributed by atoms with Crippen LogP contribution >= 0.6 is 0 Å². The first-order valence-electron chi connectivity index (χ1n) is 11.9. The van der Waals surface area contributed by atoms with E-state index in [4.69, 9.17) is 9.47 Å². The van der Waals surface area contributed by atoms with Crippen LogP contribution in [0.15, 0.2) is 48.5 Å². The second kappa shape index (κ2) is 14.4. The Labute approximate surface area is 207 Å². The van der Waals surface area contributed by atoms with Crippen LogP contribution in [0.2, 0.25) is 0 Å². The highest BCUT2D eigenvalue weighted by molar-refractivity contribution is 5.96. The zero-order valence-electron chi connectivity index (χ0n) is 21.1. The maximum Gasteiger partial charge on any atom is 0.250 e. The number of carbonyl (C=O) groups excluding carboxylic acids is 3. The molecule has 0 aliphatic carbocycles. The van der Waals surface area contributed by atoms with E-state index in [1.54, 1.807) is 0 Å². The largest absolute Gasteiger partial charge is 0.369 e. The summed E-state index contributed by atoms with van der Waals surface area (Å²) in [5.41, 5.74) is 3.36. The Morgan fingerprint density at radius 2 is 1.31 bits per heavy atom. The average molecular weight is 484 g/mol. The van der Waals surface area contributed by atoms with Gasteiger partial charge in [-0.25, -0.2) is 0 Å². The van der Waals surface area contributed by atoms with Crippen LogP contribution in [0, 0.1) is 0 Å². The van der Waals surface area contributed by atoms with Crippen molar-refractivity contribution >= 4 is 23.3 Å². The smallest absolute Gasteiger partial charge is 0.250 e. The van der Waals surface area contributed by atoms with Crippen molar-refractivity contribution in [3.05, 3.63) is 54.1 Å². The van der Waals surface area contributed by atoms with Crippen molar-refractivity contribution in [3.8, 4) is 11.1 Å². The van der Waals surface area contributed by atoms with E-state index in [0.29, 0.717) is 30.8 Å². The quantitative estimate of drug-likeness (QED) is 0.281. The number of ketones is 1. The summed E-state index contributed by atoms with van der Waals surface area (Å²) in [7, 11) is 0. The molecule has 0 bridgehead atoms. The van der Waals surface area contributed by atoms with E-state index in [-0.39, 0.29) is 49.6 Å². The predicted octanol–water partition coefficient (Wildman–Crippen LogP) is 3.42. The van der Waals surface area contributed by atoms with Gasteiger partial charge in [-0.2, -0.15) is 0 Å². The van der Waals surface area contributed by atoms with Gasteiger partial charge in [-0.1, -0.05) is 43.3 Å². The van der Waals surface area contributed by atoms with Crippen molar-refractivity contribution in [2.24, 2.45) is 0 Å². The lowest BCUT2D eigenvalue weighted by atomic mass is 10.0. The minimum atomic E-state index is -0.274. The lowest BCUT2D eigenvalue weighted by Crippen LogP contribution is -2.42. The van der Waals surface area contributed by atoms with Gasteiger partial charge in [0.2, 0.25) is 11.8 Å². The number of anilines is 1. The zero-order chi connectivity index (χ0) is 25.7. The van der Waals surface area contributed by atoms with Gasteiger partial charge in [0.25, 0.3) is 0 Å². The van der Waals surface area contributed by atoms with Crippen LogP contribution < -0.4 is 16.0 Å². The SMILES string of the molecule is CCC(=O)c1ccc(-c2ccc(NC(=O)COCCOCC(=O)NCCNC(C)(C)C)cc2)cc1. The summed E-state index contributed by atoms with van der Waals surface area (Å²) < 4.78 is 10.6. The van der Waals surface area contributed by atoms with Gasteiger partial charge in [-0.3, -0.25) is 14.4 Å². The Morgan fingerprint density at radius 1 is 0.771 bits per heavy atom. The maximum absolute atomic E-state index is 12.1. The van der Waals surface area contributed by atoms with Gasteiger partial charge in [-0.15, -0.1) is 0 Å². The van der Waals surface area contributed by atoms with Crippen LogP contribution in [-0.4, -0.2) is 62.7 Å². The first-order chi connectivity index (χ1) is 16.7. The van der Waals surface area contributed by atoms with Gasteiger partial charge in [0.15, 0.2) is 5.78 Å². The first-order valence-corrected chi connectivity index (χ1v) is 11.9. The number of Topliss-reactive ketones (excluding diaryl/α,β-unsaturated/α-hetero) is 1. The molecular formula is C27H37N3O5. The Balaban J connectivity index is 1.60. The molecule has 0 radical (unpaired) electrons. The van der Waals surface area contributed by atoms with Gasteiger partial charge in [-0.05, 0) is 44.0 Å². The van der Waals surface area contributed by atoms with E-state index < -0.39 is 0 Å². The average Bonchev–Trinajstić information content (AvgIpc) is 2.83. The van der Waals surface area contributed by atoms with Gasteiger partial charge < -0.3 is 25.4 Å². The van der Waals surface area contributed by atoms with Crippen LogP contribution in [0.25, 0.3) is 11.1 Å². The molecule has 0 unspecified atom stereocenters. The number of hydrogen-bond acceptors (Lipinski definition) is 6. The predicted molar refractivity (Wildman–Crippen MR) is 138 cm³/mol. The van der Waals surface area contributed by atoms with E-state index in [9.17, 15) is 14.4 Å². The molecule has 0 aliphatic rings. The summed E-state index contributed by atoms with van der Waals surface area (Å²) in [6.45, 7) is 9.53. The zero-order valence-corrected chi connectivity index (χ0v) is 21.1. The second-order valence-electron chi connectivity index (χ2n) is 9.11. The first kappa shape index (κ1) is 28.2. The van der Waals surface area contributed by atoms with Gasteiger partial charge in [0.1, 0.15) is 13.2 Å². The molecule has 190 valence electrons. The lowest BCUT2D eigenvalue weighted by Gasteiger charge is -2.20. The molecule has 2 aromatic carbocycles. The van der Waals surface area contributed by atoms with Crippen molar-refractivity contribution in [3.63, 3.8) is 0 Å². The van der Waals surface area contributed by atoms with E-state index in [1.165, 1.54) is 0 Å². The third-order valence-electron chi connectivity index (χ3n) is 4.97. The molecule has 0 spiro atoms. The summed E-state index contributed by atoms with van der Waals surface area (Å²) >= 11 is 0. The normalized spacial score (nSPS) is 11.2. The lowest BCUT2D eigenvalue weighted by molar-refractivity contribution is -0.127. The fraction of sp³-hybridized carbons (Fsp3) is 0.444. The minimum Gasteiger partial charge on any atom is -0.369 e. The number of amides is 2. The van der Waals surface area contributed by atoms with Crippen LogP contribution in [-0.2, 0) is 19.1 Å². The summed E-state index contributed by atoms with van der Waals surface area (Å²) in [6.07, 6.45) is 0.484. The van der Waals surface area contributed by atoms with Crippen molar-refractivity contribution in [2.45, 2.75) is 39.7 Å². The molecular weight excluding hydrogens is 446 g/mol. The summed E-state index contributed by atoms with van der Waals surface area (Å²) in [4.78, 5) is 35.5. The minimum absolute atomic E-state index is 0.0126. The summed E-state index contributed by atoms with van der Waals surface area (Å²) in [5.74, 6) is -0.342. The third kappa shape index (κ3) is 11.3. The number of rotatable bonds is 14. The number of carbonyl (C=O) groups is 3. The monoisotopic (exact) mass is 483 g/mol. The van der Waals surface area contributed by atoms with E-state index in [1.807, 2.05) is 55.5 Å².